The molecule has 8 heteroatoms. The minimum atomic E-state index is -0.548. The Labute approximate surface area is 155 Å². The van der Waals surface area contributed by atoms with Crippen molar-refractivity contribution in [3.63, 3.8) is 0 Å². The van der Waals surface area contributed by atoms with Crippen molar-refractivity contribution in [1.29, 1.82) is 0 Å². The van der Waals surface area contributed by atoms with Gasteiger partial charge in [0.2, 0.25) is 17.2 Å². The second kappa shape index (κ2) is 6.94. The smallest absolute Gasteiger partial charge is 0.223 e. The van der Waals surface area contributed by atoms with Gasteiger partial charge in [-0.2, -0.15) is 10.1 Å². The fourth-order valence-electron chi connectivity index (χ4n) is 3.75. The molecule has 0 aliphatic heterocycles. The normalized spacial score (nSPS) is 15.9. The molecular formula is C19H21N5O3. The van der Waals surface area contributed by atoms with Crippen LogP contribution in [0.1, 0.15) is 43.8 Å². The number of hydrogen-bond donors (Lipinski definition) is 1. The van der Waals surface area contributed by atoms with Crippen LogP contribution in [-0.4, -0.2) is 25.8 Å². The van der Waals surface area contributed by atoms with E-state index in [4.69, 9.17) is 4.52 Å². The van der Waals surface area contributed by atoms with Crippen LogP contribution >= 0.6 is 0 Å². The maximum absolute atomic E-state index is 12.7. The molecule has 0 radical (unpaired) electrons. The summed E-state index contributed by atoms with van der Waals surface area (Å²) >= 11 is 0. The zero-order valence-corrected chi connectivity index (χ0v) is 15.1. The highest BCUT2D eigenvalue weighted by Crippen LogP contribution is 2.37. The Bertz CT molecular complexity index is 1030. The van der Waals surface area contributed by atoms with Gasteiger partial charge in [0.25, 0.3) is 0 Å². The zero-order valence-electron chi connectivity index (χ0n) is 15.1. The molecule has 0 spiro atoms. The monoisotopic (exact) mass is 367 g/mol. The predicted octanol–water partition coefficient (Wildman–Crippen LogP) is 2.06. The Balaban J connectivity index is 1.50. The van der Waals surface area contributed by atoms with Crippen molar-refractivity contribution in [2.24, 2.45) is 0 Å². The third-order valence-corrected chi connectivity index (χ3v) is 5.10. The molecule has 0 atom stereocenters. The van der Waals surface area contributed by atoms with Gasteiger partial charge in [-0.3, -0.25) is 14.3 Å². The van der Waals surface area contributed by atoms with E-state index in [1.165, 1.54) is 6.20 Å². The molecule has 1 aromatic carbocycles. The van der Waals surface area contributed by atoms with Crippen molar-refractivity contribution in [1.82, 2.24) is 25.2 Å². The van der Waals surface area contributed by atoms with Gasteiger partial charge in [0.15, 0.2) is 5.82 Å². The second-order valence-electron chi connectivity index (χ2n) is 6.97. The summed E-state index contributed by atoms with van der Waals surface area (Å²) in [6.45, 7) is 2.13. The van der Waals surface area contributed by atoms with Crippen molar-refractivity contribution in [2.45, 2.75) is 51.1 Å². The first-order valence-electron chi connectivity index (χ1n) is 9.14. The number of benzene rings is 1. The van der Waals surface area contributed by atoms with Crippen molar-refractivity contribution in [3.05, 3.63) is 52.4 Å². The molecule has 1 aliphatic rings. The van der Waals surface area contributed by atoms with E-state index in [1.54, 1.807) is 17.7 Å². The number of rotatable bonds is 5. The fourth-order valence-corrected chi connectivity index (χ4v) is 3.75. The lowest BCUT2D eigenvalue weighted by Gasteiger charge is -2.26. The first kappa shape index (κ1) is 17.4. The van der Waals surface area contributed by atoms with Crippen LogP contribution in [0.5, 0.6) is 0 Å². The summed E-state index contributed by atoms with van der Waals surface area (Å²) in [5.41, 5.74) is 0.0549. The molecule has 3 aromatic rings. The van der Waals surface area contributed by atoms with E-state index in [1.807, 2.05) is 18.2 Å². The molecule has 27 heavy (non-hydrogen) atoms. The van der Waals surface area contributed by atoms with Crippen LogP contribution in [0, 0.1) is 6.92 Å². The highest BCUT2D eigenvalue weighted by molar-refractivity contribution is 5.79. The molecule has 140 valence electrons. The SMILES string of the molecule is Cc1nc(C2(NC(=O)CCn3ncc(=O)c4ccccc43)CCCC2)no1. The molecule has 2 aromatic heterocycles. The Kier molecular flexibility index (Phi) is 4.47. The third-order valence-electron chi connectivity index (χ3n) is 5.10. The van der Waals surface area contributed by atoms with Gasteiger partial charge in [-0.15, -0.1) is 0 Å². The Morgan fingerprint density at radius 3 is 2.81 bits per heavy atom. The van der Waals surface area contributed by atoms with Crippen LogP contribution in [0.4, 0.5) is 0 Å². The fraction of sp³-hybridized carbons (Fsp3) is 0.421. The first-order valence-corrected chi connectivity index (χ1v) is 9.14. The lowest BCUT2D eigenvalue weighted by Crippen LogP contribution is -2.45. The average Bonchev–Trinajstić information content (AvgIpc) is 3.31. The molecule has 0 bridgehead atoms. The van der Waals surface area contributed by atoms with E-state index in [-0.39, 0.29) is 17.8 Å². The highest BCUT2D eigenvalue weighted by Gasteiger charge is 2.41. The van der Waals surface area contributed by atoms with E-state index in [0.29, 0.717) is 23.6 Å². The molecule has 1 aliphatic carbocycles. The van der Waals surface area contributed by atoms with Gasteiger partial charge in [0, 0.05) is 18.7 Å². The number of carbonyl (C=O) groups is 1. The standard InChI is InChI=1S/C19H21N5O3/c1-13-21-18(23-27-13)19(9-4-5-10-19)22-17(26)8-11-24-15-7-3-2-6-14(15)16(25)12-20-24/h2-3,6-7,12H,4-5,8-11H2,1H3,(H,22,26). The molecule has 1 fully saturated rings. The van der Waals surface area contributed by atoms with Crippen molar-refractivity contribution < 1.29 is 9.32 Å². The Hall–Kier alpha value is -3.03. The number of aromatic nitrogens is 4. The van der Waals surface area contributed by atoms with E-state index in [0.717, 1.165) is 31.2 Å². The van der Waals surface area contributed by atoms with Crippen LogP contribution in [0.2, 0.25) is 0 Å². The number of carbonyl (C=O) groups excluding carboxylic acids is 1. The number of nitrogens with zero attached hydrogens (tertiary/aromatic N) is 4. The van der Waals surface area contributed by atoms with Gasteiger partial charge in [-0.05, 0) is 25.0 Å². The highest BCUT2D eigenvalue weighted by atomic mass is 16.5. The summed E-state index contributed by atoms with van der Waals surface area (Å²) in [5, 5.41) is 11.9. The van der Waals surface area contributed by atoms with Crippen molar-refractivity contribution in [3.8, 4) is 0 Å². The molecule has 0 unspecified atom stereocenters. The quantitative estimate of drug-likeness (QED) is 0.740. The van der Waals surface area contributed by atoms with Crippen molar-refractivity contribution in [2.75, 3.05) is 0 Å². The minimum absolute atomic E-state index is 0.0936. The Morgan fingerprint density at radius 2 is 2.07 bits per heavy atom. The maximum atomic E-state index is 12.7. The summed E-state index contributed by atoms with van der Waals surface area (Å²) in [7, 11) is 0. The molecule has 1 saturated carbocycles. The van der Waals surface area contributed by atoms with Crippen LogP contribution in [0.15, 0.2) is 39.8 Å². The predicted molar refractivity (Wildman–Crippen MR) is 97.9 cm³/mol. The van der Waals surface area contributed by atoms with E-state index in [9.17, 15) is 9.59 Å². The van der Waals surface area contributed by atoms with Crippen LogP contribution in [0.25, 0.3) is 10.9 Å². The second-order valence-corrected chi connectivity index (χ2v) is 6.97. The van der Waals surface area contributed by atoms with Gasteiger partial charge in [0.1, 0.15) is 5.54 Å². The van der Waals surface area contributed by atoms with E-state index < -0.39 is 5.54 Å². The summed E-state index contributed by atoms with van der Waals surface area (Å²) in [6.07, 6.45) is 5.17. The van der Waals surface area contributed by atoms with Gasteiger partial charge in [-0.25, -0.2) is 0 Å². The zero-order chi connectivity index (χ0) is 18.9. The van der Waals surface area contributed by atoms with Crippen LogP contribution < -0.4 is 10.7 Å². The van der Waals surface area contributed by atoms with E-state index >= 15 is 0 Å². The molecule has 2 heterocycles. The molecular weight excluding hydrogens is 346 g/mol. The van der Waals surface area contributed by atoms with Crippen LogP contribution in [-0.2, 0) is 16.9 Å². The number of hydrogen-bond acceptors (Lipinski definition) is 6. The van der Waals surface area contributed by atoms with Gasteiger partial charge in [-0.1, -0.05) is 30.1 Å². The van der Waals surface area contributed by atoms with Crippen molar-refractivity contribution >= 4 is 16.8 Å². The molecule has 1 N–H and O–H groups in total. The largest absolute Gasteiger partial charge is 0.343 e. The number of fused-ring (bicyclic) bond motifs is 1. The summed E-state index contributed by atoms with van der Waals surface area (Å²) < 4.78 is 6.81. The van der Waals surface area contributed by atoms with Gasteiger partial charge in [0.05, 0.1) is 18.3 Å². The maximum Gasteiger partial charge on any atom is 0.223 e. The molecule has 1 amide bonds. The van der Waals surface area contributed by atoms with Crippen LogP contribution in [0.3, 0.4) is 0 Å². The number of aryl methyl sites for hydroxylation is 2. The van der Waals surface area contributed by atoms with Gasteiger partial charge >= 0.3 is 0 Å². The van der Waals surface area contributed by atoms with E-state index in [2.05, 4.69) is 20.6 Å². The topological polar surface area (TPSA) is 103 Å². The Morgan fingerprint density at radius 1 is 1.30 bits per heavy atom. The summed E-state index contributed by atoms with van der Waals surface area (Å²) in [6, 6.07) is 7.27. The lowest BCUT2D eigenvalue weighted by molar-refractivity contribution is -0.123. The first-order chi connectivity index (χ1) is 13.1. The third kappa shape index (κ3) is 3.34. The molecule has 4 rings (SSSR count). The molecule has 8 nitrogen and oxygen atoms in total. The lowest BCUT2D eigenvalue weighted by atomic mass is 9.96. The molecule has 0 saturated heterocycles. The van der Waals surface area contributed by atoms with Gasteiger partial charge < -0.3 is 9.84 Å². The number of para-hydroxylation sites is 1. The summed E-state index contributed by atoms with van der Waals surface area (Å²) in [5.74, 6) is 0.955. The number of nitrogens with one attached hydrogen (secondary N) is 1. The number of amides is 1. The average molecular weight is 367 g/mol. The summed E-state index contributed by atoms with van der Waals surface area (Å²) in [4.78, 5) is 28.9. The minimum Gasteiger partial charge on any atom is -0.343 e.